The van der Waals surface area contributed by atoms with E-state index in [1.807, 2.05) is 0 Å². The van der Waals surface area contributed by atoms with E-state index < -0.39 is 33.1 Å². The molecule has 0 atom stereocenters. The number of hydrogen-bond acceptors (Lipinski definition) is 5. The maximum Gasteiger partial charge on any atom is 0.225 e. The lowest BCUT2D eigenvalue weighted by Crippen LogP contribution is -2.18. The fraction of sp³-hybridized carbons (Fsp3) is 0.200. The van der Waals surface area contributed by atoms with Crippen LogP contribution in [0.15, 0.2) is 51.9 Å². The van der Waals surface area contributed by atoms with E-state index >= 15 is 0 Å². The van der Waals surface area contributed by atoms with Crippen LogP contribution < -0.4 is 5.32 Å². The molecule has 1 heterocycles. The second kappa shape index (κ2) is 8.12. The van der Waals surface area contributed by atoms with Gasteiger partial charge in [0.1, 0.15) is 0 Å². The van der Waals surface area contributed by atoms with Gasteiger partial charge in [-0.2, -0.15) is 0 Å². The molecule has 3 rings (SSSR count). The van der Waals surface area contributed by atoms with E-state index in [4.69, 9.17) is 4.42 Å². The summed E-state index contributed by atoms with van der Waals surface area (Å²) < 4.78 is 57.1. The standard InChI is InChI=1S/C20H18F2N2O4S/c1-12-3-4-14(18-11-23-13(2)28-18)9-19(12)29(26,27)8-7-20(25)24-15-5-6-16(21)17(22)10-15/h3-6,9-11H,7-8H2,1-2H3,(H,24,25). The van der Waals surface area contributed by atoms with Crippen molar-refractivity contribution in [1.82, 2.24) is 4.98 Å². The number of carbonyl (C=O) groups is 1. The third kappa shape index (κ3) is 4.86. The Morgan fingerprint density at radius 2 is 1.86 bits per heavy atom. The van der Waals surface area contributed by atoms with Gasteiger partial charge < -0.3 is 9.73 Å². The highest BCUT2D eigenvalue weighted by molar-refractivity contribution is 7.91. The maximum atomic E-state index is 13.2. The van der Waals surface area contributed by atoms with Crippen molar-refractivity contribution in [3.05, 3.63) is 65.7 Å². The summed E-state index contributed by atoms with van der Waals surface area (Å²) in [5.74, 6) is -2.32. The molecule has 0 fully saturated rings. The summed E-state index contributed by atoms with van der Waals surface area (Å²) >= 11 is 0. The second-order valence-electron chi connectivity index (χ2n) is 6.47. The average Bonchev–Trinajstić information content (AvgIpc) is 3.10. The third-order valence-corrected chi connectivity index (χ3v) is 6.08. The van der Waals surface area contributed by atoms with Crippen LogP contribution in [-0.2, 0) is 14.6 Å². The van der Waals surface area contributed by atoms with Crippen LogP contribution in [0.1, 0.15) is 17.9 Å². The highest BCUT2D eigenvalue weighted by Crippen LogP contribution is 2.26. The van der Waals surface area contributed by atoms with Gasteiger partial charge in [0.05, 0.1) is 16.8 Å². The predicted octanol–water partition coefficient (Wildman–Crippen LogP) is 4.04. The van der Waals surface area contributed by atoms with Crippen LogP contribution in [0.25, 0.3) is 11.3 Å². The lowest BCUT2D eigenvalue weighted by atomic mass is 10.1. The number of nitrogens with zero attached hydrogens (tertiary/aromatic N) is 1. The summed E-state index contributed by atoms with van der Waals surface area (Å²) in [5.41, 5.74) is 1.14. The molecule has 9 heteroatoms. The van der Waals surface area contributed by atoms with Crippen molar-refractivity contribution in [1.29, 1.82) is 0 Å². The Hall–Kier alpha value is -3.07. The van der Waals surface area contributed by atoms with Gasteiger partial charge in [0.25, 0.3) is 0 Å². The van der Waals surface area contributed by atoms with Gasteiger partial charge in [-0.15, -0.1) is 0 Å². The largest absolute Gasteiger partial charge is 0.441 e. The number of oxazole rings is 1. The van der Waals surface area contributed by atoms with Crippen molar-refractivity contribution < 1.29 is 26.4 Å². The third-order valence-electron chi connectivity index (χ3n) is 4.23. The van der Waals surface area contributed by atoms with Crippen molar-refractivity contribution in [2.75, 3.05) is 11.1 Å². The first-order valence-corrected chi connectivity index (χ1v) is 10.3. The molecular formula is C20H18F2N2O4S. The quantitative estimate of drug-likeness (QED) is 0.650. The van der Waals surface area contributed by atoms with Gasteiger partial charge in [-0.1, -0.05) is 12.1 Å². The zero-order valence-electron chi connectivity index (χ0n) is 15.7. The van der Waals surface area contributed by atoms with Gasteiger partial charge in [-0.05, 0) is 30.7 Å². The van der Waals surface area contributed by atoms with E-state index in [1.165, 1.54) is 18.3 Å². The van der Waals surface area contributed by atoms with Crippen molar-refractivity contribution in [2.24, 2.45) is 0 Å². The van der Waals surface area contributed by atoms with Crippen molar-refractivity contribution in [3.8, 4) is 11.3 Å². The Morgan fingerprint density at radius 1 is 1.10 bits per heavy atom. The number of nitrogens with one attached hydrogen (secondary N) is 1. The van der Waals surface area contributed by atoms with Gasteiger partial charge in [0.2, 0.25) is 5.91 Å². The number of benzene rings is 2. The Morgan fingerprint density at radius 3 is 2.52 bits per heavy atom. The molecule has 152 valence electrons. The van der Waals surface area contributed by atoms with Crippen LogP contribution in [0.3, 0.4) is 0 Å². The minimum Gasteiger partial charge on any atom is -0.441 e. The number of anilines is 1. The summed E-state index contributed by atoms with van der Waals surface area (Å²) in [4.78, 5) is 16.1. The van der Waals surface area contributed by atoms with Crippen LogP contribution in [0.4, 0.5) is 14.5 Å². The van der Waals surface area contributed by atoms with E-state index in [1.54, 1.807) is 26.0 Å². The number of sulfone groups is 1. The smallest absolute Gasteiger partial charge is 0.225 e. The van der Waals surface area contributed by atoms with Crippen molar-refractivity contribution in [2.45, 2.75) is 25.2 Å². The molecule has 0 aliphatic rings. The molecule has 29 heavy (non-hydrogen) atoms. The highest BCUT2D eigenvalue weighted by Gasteiger charge is 2.20. The lowest BCUT2D eigenvalue weighted by Gasteiger charge is -2.10. The molecule has 1 aromatic heterocycles. The predicted molar refractivity (Wildman–Crippen MR) is 103 cm³/mol. The highest BCUT2D eigenvalue weighted by atomic mass is 32.2. The molecule has 1 amide bonds. The Bertz CT molecular complexity index is 1170. The zero-order chi connectivity index (χ0) is 21.2. The summed E-state index contributed by atoms with van der Waals surface area (Å²) in [7, 11) is -3.77. The van der Waals surface area contributed by atoms with Crippen LogP contribution in [-0.4, -0.2) is 25.1 Å². The molecule has 0 saturated carbocycles. The minimum absolute atomic E-state index is 0.0464. The number of rotatable bonds is 6. The number of carbonyl (C=O) groups excluding carboxylic acids is 1. The number of halogens is 2. The SMILES string of the molecule is Cc1ncc(-c2ccc(C)c(S(=O)(=O)CCC(=O)Nc3ccc(F)c(F)c3)c2)o1. The van der Waals surface area contributed by atoms with E-state index in [-0.39, 0.29) is 17.0 Å². The van der Waals surface area contributed by atoms with Crippen molar-refractivity contribution in [3.63, 3.8) is 0 Å². The summed E-state index contributed by atoms with van der Waals surface area (Å²) in [5, 5.41) is 2.36. The summed E-state index contributed by atoms with van der Waals surface area (Å²) in [6.45, 7) is 3.34. The maximum absolute atomic E-state index is 13.2. The molecule has 0 bridgehead atoms. The molecule has 0 radical (unpaired) electrons. The first-order chi connectivity index (χ1) is 13.7. The van der Waals surface area contributed by atoms with Gasteiger partial charge in [-0.25, -0.2) is 22.2 Å². The molecule has 6 nitrogen and oxygen atoms in total. The van der Waals surface area contributed by atoms with Gasteiger partial charge in [0, 0.05) is 30.7 Å². The number of amides is 1. The van der Waals surface area contributed by atoms with Crippen molar-refractivity contribution >= 4 is 21.4 Å². The minimum atomic E-state index is -3.77. The molecule has 3 aromatic rings. The van der Waals surface area contributed by atoms with Crippen LogP contribution >= 0.6 is 0 Å². The molecule has 2 aromatic carbocycles. The molecule has 0 saturated heterocycles. The normalized spacial score (nSPS) is 11.4. The number of hydrogen-bond donors (Lipinski definition) is 1. The van der Waals surface area contributed by atoms with E-state index in [9.17, 15) is 22.0 Å². The van der Waals surface area contributed by atoms with E-state index in [0.717, 1.165) is 12.1 Å². The Labute approximate surface area is 166 Å². The fourth-order valence-corrected chi connectivity index (χ4v) is 4.26. The van der Waals surface area contributed by atoms with Crippen LogP contribution in [0.2, 0.25) is 0 Å². The van der Waals surface area contributed by atoms with E-state index in [2.05, 4.69) is 10.3 Å². The van der Waals surface area contributed by atoms with Gasteiger partial charge in [0.15, 0.2) is 33.1 Å². The first-order valence-electron chi connectivity index (χ1n) is 8.67. The van der Waals surface area contributed by atoms with Gasteiger partial charge in [-0.3, -0.25) is 4.79 Å². The number of aromatic nitrogens is 1. The van der Waals surface area contributed by atoms with Gasteiger partial charge >= 0.3 is 0 Å². The second-order valence-corrected chi connectivity index (χ2v) is 8.55. The van der Waals surface area contributed by atoms with Crippen LogP contribution in [0, 0.1) is 25.5 Å². The molecule has 0 aliphatic carbocycles. The van der Waals surface area contributed by atoms with E-state index in [0.29, 0.717) is 22.8 Å². The average molecular weight is 420 g/mol. The molecular weight excluding hydrogens is 402 g/mol. The molecule has 0 spiro atoms. The number of aryl methyl sites for hydroxylation is 2. The molecule has 0 unspecified atom stereocenters. The monoisotopic (exact) mass is 420 g/mol. The topological polar surface area (TPSA) is 89.3 Å². The zero-order valence-corrected chi connectivity index (χ0v) is 16.5. The summed E-state index contributed by atoms with van der Waals surface area (Å²) in [6.07, 6.45) is 1.16. The van der Waals surface area contributed by atoms with Crippen LogP contribution in [0.5, 0.6) is 0 Å². The molecule has 1 N–H and O–H groups in total. The summed E-state index contributed by atoms with van der Waals surface area (Å²) in [6, 6.07) is 7.76. The Balaban J connectivity index is 1.73. The fourth-order valence-electron chi connectivity index (χ4n) is 2.72. The lowest BCUT2D eigenvalue weighted by molar-refractivity contribution is -0.115. The first kappa shape index (κ1) is 20.7. The Kier molecular flexibility index (Phi) is 5.78. The molecule has 0 aliphatic heterocycles.